The molecule has 0 spiro atoms. The number of aromatic nitrogens is 2. The van der Waals surface area contributed by atoms with Gasteiger partial charge in [-0.05, 0) is 26.8 Å². The van der Waals surface area contributed by atoms with Gasteiger partial charge in [-0.25, -0.2) is 9.97 Å². The molecule has 1 aliphatic rings. The van der Waals surface area contributed by atoms with Crippen molar-refractivity contribution >= 4 is 11.6 Å². The molecule has 118 valence electrons. The Morgan fingerprint density at radius 2 is 2.05 bits per heavy atom. The summed E-state index contributed by atoms with van der Waals surface area (Å²) in [6.45, 7) is 10.8. The summed E-state index contributed by atoms with van der Waals surface area (Å²) in [4.78, 5) is 14.2. The lowest BCUT2D eigenvalue weighted by Crippen LogP contribution is -2.50. The van der Waals surface area contributed by atoms with Gasteiger partial charge >= 0.3 is 0 Å². The lowest BCUT2D eigenvalue weighted by Gasteiger charge is -2.39. The highest BCUT2D eigenvalue weighted by atomic mass is 15.3. The molecule has 0 saturated carbocycles. The second-order valence-electron chi connectivity index (χ2n) is 6.01. The Bertz CT molecular complexity index is 448. The Hall–Kier alpha value is -1.36. The molecule has 1 N–H and O–H groups in total. The molecule has 0 aromatic carbocycles. The SMILES string of the molecule is CCCNc1cc(N2CCN(C)CC2C)nc(CCC)n1. The summed E-state index contributed by atoms with van der Waals surface area (Å²) in [5.74, 6) is 3.00. The van der Waals surface area contributed by atoms with E-state index < -0.39 is 0 Å². The van der Waals surface area contributed by atoms with Crippen LogP contribution in [0.3, 0.4) is 0 Å². The predicted octanol–water partition coefficient (Wildman–Crippen LogP) is 2.39. The Kier molecular flexibility index (Phi) is 5.79. The van der Waals surface area contributed by atoms with Gasteiger partial charge in [-0.1, -0.05) is 13.8 Å². The molecule has 1 unspecified atom stereocenters. The second-order valence-corrected chi connectivity index (χ2v) is 6.01. The number of piperazine rings is 1. The molecule has 21 heavy (non-hydrogen) atoms. The Balaban J connectivity index is 2.21. The van der Waals surface area contributed by atoms with E-state index in [2.05, 4.69) is 54.0 Å². The van der Waals surface area contributed by atoms with E-state index in [9.17, 15) is 0 Å². The van der Waals surface area contributed by atoms with Crippen molar-refractivity contribution in [3.63, 3.8) is 0 Å². The maximum atomic E-state index is 4.79. The first kappa shape index (κ1) is 16.0. The summed E-state index contributed by atoms with van der Waals surface area (Å²) in [6, 6.07) is 2.60. The fourth-order valence-corrected chi connectivity index (χ4v) is 2.79. The van der Waals surface area contributed by atoms with Gasteiger partial charge in [0.1, 0.15) is 17.5 Å². The average Bonchev–Trinajstić information content (AvgIpc) is 2.45. The summed E-state index contributed by atoms with van der Waals surface area (Å²) >= 11 is 0. The Labute approximate surface area is 128 Å². The molecule has 1 fully saturated rings. The van der Waals surface area contributed by atoms with Gasteiger partial charge in [0, 0.05) is 44.7 Å². The fraction of sp³-hybridized carbons (Fsp3) is 0.750. The smallest absolute Gasteiger partial charge is 0.134 e. The molecule has 1 saturated heterocycles. The summed E-state index contributed by atoms with van der Waals surface area (Å²) < 4.78 is 0. The first-order valence-electron chi connectivity index (χ1n) is 8.21. The molecule has 5 heteroatoms. The highest BCUT2D eigenvalue weighted by molar-refractivity contribution is 5.50. The topological polar surface area (TPSA) is 44.3 Å². The lowest BCUT2D eigenvalue weighted by molar-refractivity contribution is 0.274. The van der Waals surface area contributed by atoms with Crippen molar-refractivity contribution in [2.24, 2.45) is 0 Å². The van der Waals surface area contributed by atoms with Crippen LogP contribution in [0.25, 0.3) is 0 Å². The molecular formula is C16H29N5. The molecule has 0 aliphatic carbocycles. The minimum absolute atomic E-state index is 0.493. The number of rotatable bonds is 6. The van der Waals surface area contributed by atoms with Crippen LogP contribution in [0.4, 0.5) is 11.6 Å². The van der Waals surface area contributed by atoms with Gasteiger partial charge in [0.25, 0.3) is 0 Å². The van der Waals surface area contributed by atoms with E-state index in [1.54, 1.807) is 0 Å². The van der Waals surface area contributed by atoms with Crippen LogP contribution in [0.15, 0.2) is 6.07 Å². The molecule has 0 bridgehead atoms. The van der Waals surface area contributed by atoms with E-state index in [0.717, 1.165) is 62.9 Å². The van der Waals surface area contributed by atoms with E-state index in [-0.39, 0.29) is 0 Å². The molecule has 0 amide bonds. The molecule has 1 aromatic rings. The molecule has 0 radical (unpaired) electrons. The lowest BCUT2D eigenvalue weighted by atomic mass is 10.2. The number of nitrogens with one attached hydrogen (secondary N) is 1. The van der Waals surface area contributed by atoms with E-state index in [4.69, 9.17) is 4.98 Å². The third kappa shape index (κ3) is 4.30. The number of nitrogens with zero attached hydrogens (tertiary/aromatic N) is 4. The van der Waals surface area contributed by atoms with Gasteiger partial charge in [-0.15, -0.1) is 0 Å². The molecule has 1 aliphatic heterocycles. The van der Waals surface area contributed by atoms with Crippen molar-refractivity contribution in [3.8, 4) is 0 Å². The number of hydrogen-bond donors (Lipinski definition) is 1. The quantitative estimate of drug-likeness (QED) is 0.872. The molecule has 5 nitrogen and oxygen atoms in total. The molecular weight excluding hydrogens is 262 g/mol. The van der Waals surface area contributed by atoms with Crippen LogP contribution in [-0.4, -0.2) is 54.1 Å². The molecule has 1 atom stereocenters. The molecule has 2 rings (SSSR count). The van der Waals surface area contributed by atoms with Crippen LogP contribution in [0.1, 0.15) is 39.4 Å². The molecule has 1 aromatic heterocycles. The number of hydrogen-bond acceptors (Lipinski definition) is 5. The largest absolute Gasteiger partial charge is 0.370 e. The number of aryl methyl sites for hydroxylation is 1. The third-order valence-electron chi connectivity index (χ3n) is 3.91. The van der Waals surface area contributed by atoms with Gasteiger partial charge in [-0.2, -0.15) is 0 Å². The van der Waals surface area contributed by atoms with Crippen molar-refractivity contribution in [1.29, 1.82) is 0 Å². The normalized spacial score (nSPS) is 19.8. The van der Waals surface area contributed by atoms with E-state index in [0.29, 0.717) is 6.04 Å². The van der Waals surface area contributed by atoms with Gasteiger partial charge in [-0.3, -0.25) is 0 Å². The van der Waals surface area contributed by atoms with Crippen LogP contribution in [0, 0.1) is 0 Å². The minimum atomic E-state index is 0.493. The van der Waals surface area contributed by atoms with Crippen LogP contribution >= 0.6 is 0 Å². The van der Waals surface area contributed by atoms with Crippen molar-refractivity contribution in [1.82, 2.24) is 14.9 Å². The number of likely N-dealkylation sites (N-methyl/N-ethyl adjacent to an activating group) is 1. The van der Waals surface area contributed by atoms with Crippen LogP contribution in [0.2, 0.25) is 0 Å². The van der Waals surface area contributed by atoms with Crippen molar-refractivity contribution < 1.29 is 0 Å². The summed E-state index contributed by atoms with van der Waals surface area (Å²) in [5.41, 5.74) is 0. The summed E-state index contributed by atoms with van der Waals surface area (Å²) in [6.07, 6.45) is 3.12. The third-order valence-corrected chi connectivity index (χ3v) is 3.91. The van der Waals surface area contributed by atoms with Crippen molar-refractivity contribution in [3.05, 3.63) is 11.9 Å². The highest BCUT2D eigenvalue weighted by Crippen LogP contribution is 2.21. The standard InChI is InChI=1S/C16H29N5/c1-5-7-14-18-15(17-8-6-2)11-16(19-14)21-10-9-20(4)12-13(21)3/h11,13H,5-10,12H2,1-4H3,(H,17,18,19). The zero-order chi connectivity index (χ0) is 15.2. The summed E-state index contributed by atoms with van der Waals surface area (Å²) in [7, 11) is 2.19. The predicted molar refractivity (Wildman–Crippen MR) is 89.1 cm³/mol. The zero-order valence-electron chi connectivity index (χ0n) is 13.9. The highest BCUT2D eigenvalue weighted by Gasteiger charge is 2.23. The van der Waals surface area contributed by atoms with Crippen molar-refractivity contribution in [2.45, 2.75) is 46.1 Å². The van der Waals surface area contributed by atoms with Crippen LogP contribution in [-0.2, 0) is 6.42 Å². The number of anilines is 2. The average molecular weight is 291 g/mol. The minimum Gasteiger partial charge on any atom is -0.370 e. The first-order chi connectivity index (χ1) is 10.1. The maximum absolute atomic E-state index is 4.79. The van der Waals surface area contributed by atoms with Gasteiger partial charge < -0.3 is 15.1 Å². The Morgan fingerprint density at radius 1 is 1.24 bits per heavy atom. The fourth-order valence-electron chi connectivity index (χ4n) is 2.79. The van der Waals surface area contributed by atoms with Gasteiger partial charge in [0.2, 0.25) is 0 Å². The Morgan fingerprint density at radius 3 is 2.71 bits per heavy atom. The van der Waals surface area contributed by atoms with Gasteiger partial charge in [0.15, 0.2) is 0 Å². The summed E-state index contributed by atoms with van der Waals surface area (Å²) in [5, 5.41) is 3.41. The monoisotopic (exact) mass is 291 g/mol. The van der Waals surface area contributed by atoms with E-state index in [1.807, 2.05) is 0 Å². The maximum Gasteiger partial charge on any atom is 0.134 e. The zero-order valence-corrected chi connectivity index (χ0v) is 13.9. The van der Waals surface area contributed by atoms with E-state index in [1.165, 1.54) is 0 Å². The van der Waals surface area contributed by atoms with Gasteiger partial charge in [0.05, 0.1) is 0 Å². The van der Waals surface area contributed by atoms with Crippen molar-refractivity contribution in [2.75, 3.05) is 43.4 Å². The van der Waals surface area contributed by atoms with Crippen LogP contribution in [0.5, 0.6) is 0 Å². The van der Waals surface area contributed by atoms with E-state index >= 15 is 0 Å². The van der Waals surface area contributed by atoms with Crippen LogP contribution < -0.4 is 10.2 Å². The first-order valence-corrected chi connectivity index (χ1v) is 8.21. The molecule has 2 heterocycles. The second kappa shape index (κ2) is 7.59.